The molecule has 1 aliphatic rings. The van der Waals surface area contributed by atoms with Gasteiger partial charge in [0.25, 0.3) is 0 Å². The van der Waals surface area contributed by atoms with Crippen LogP contribution in [0, 0.1) is 23.2 Å². The maximum atomic E-state index is 11.6. The van der Waals surface area contributed by atoms with E-state index in [0.29, 0.717) is 21.9 Å². The molecule has 1 aliphatic carbocycles. The highest BCUT2D eigenvalue weighted by Gasteiger charge is 2.39. The van der Waals surface area contributed by atoms with Gasteiger partial charge < -0.3 is 0 Å². The molecule has 4 unspecified atom stereocenters. The topological polar surface area (TPSA) is 17.1 Å². The van der Waals surface area contributed by atoms with Gasteiger partial charge in [0, 0.05) is 10.7 Å². The van der Waals surface area contributed by atoms with E-state index in [1.165, 1.54) is 12.8 Å². The van der Waals surface area contributed by atoms with Crippen molar-refractivity contribution in [3.63, 3.8) is 0 Å². The number of rotatable bonds is 2. The van der Waals surface area contributed by atoms with Crippen molar-refractivity contribution < 1.29 is 4.79 Å². The van der Waals surface area contributed by atoms with E-state index in [4.69, 9.17) is 0 Å². The van der Waals surface area contributed by atoms with Crippen LogP contribution in [0.1, 0.15) is 53.9 Å². The van der Waals surface area contributed by atoms with E-state index < -0.39 is 0 Å². The van der Waals surface area contributed by atoms with Crippen molar-refractivity contribution in [1.29, 1.82) is 0 Å². The molecule has 1 rings (SSSR count). The predicted molar refractivity (Wildman–Crippen MR) is 72.8 cm³/mol. The fourth-order valence-corrected chi connectivity index (χ4v) is 3.59. The first-order valence-corrected chi connectivity index (χ1v) is 7.29. The summed E-state index contributed by atoms with van der Waals surface area (Å²) < 4.78 is 0. The summed E-state index contributed by atoms with van der Waals surface area (Å²) in [6.45, 7) is 10.9. The average molecular weight is 289 g/mol. The maximum absolute atomic E-state index is 11.6. The molecule has 1 nitrogen and oxygen atoms in total. The van der Waals surface area contributed by atoms with Gasteiger partial charge in [0.15, 0.2) is 0 Å². The van der Waals surface area contributed by atoms with Gasteiger partial charge in [0.2, 0.25) is 0 Å². The van der Waals surface area contributed by atoms with E-state index in [1.54, 1.807) is 6.92 Å². The van der Waals surface area contributed by atoms with Crippen molar-refractivity contribution in [3.8, 4) is 0 Å². The molecular weight excluding hydrogens is 264 g/mol. The number of alkyl halides is 1. The molecule has 1 saturated carbocycles. The Hall–Kier alpha value is 0.150. The number of hydrogen-bond donors (Lipinski definition) is 0. The van der Waals surface area contributed by atoms with Crippen molar-refractivity contribution in [3.05, 3.63) is 0 Å². The Kier molecular flexibility index (Phi) is 4.62. The molecule has 0 N–H and O–H groups in total. The summed E-state index contributed by atoms with van der Waals surface area (Å²) >= 11 is 3.69. The Labute approximate surface area is 109 Å². The Morgan fingerprint density at radius 1 is 1.31 bits per heavy atom. The number of carbonyl (C=O) groups is 1. The molecule has 0 aromatic rings. The normalized spacial score (nSPS) is 33.5. The number of halogens is 1. The average Bonchev–Trinajstić information content (AvgIpc) is 2.15. The van der Waals surface area contributed by atoms with Crippen LogP contribution in [0.15, 0.2) is 0 Å². The summed E-state index contributed by atoms with van der Waals surface area (Å²) in [7, 11) is 0. The maximum Gasteiger partial charge on any atom is 0.133 e. The molecule has 94 valence electrons. The second kappa shape index (κ2) is 5.20. The van der Waals surface area contributed by atoms with Gasteiger partial charge in [-0.2, -0.15) is 0 Å². The molecule has 0 spiro atoms. The van der Waals surface area contributed by atoms with Crippen molar-refractivity contribution in [2.24, 2.45) is 23.2 Å². The summed E-state index contributed by atoms with van der Waals surface area (Å²) in [5.41, 5.74) is 0.377. The zero-order chi connectivity index (χ0) is 12.5. The molecule has 0 aromatic carbocycles. The number of carbonyl (C=O) groups excluding carboxylic acids is 1. The zero-order valence-electron chi connectivity index (χ0n) is 11.2. The number of hydrogen-bond acceptors (Lipinski definition) is 1. The van der Waals surface area contributed by atoms with Gasteiger partial charge in [-0.15, -0.1) is 0 Å². The van der Waals surface area contributed by atoms with E-state index in [-0.39, 0.29) is 5.92 Å². The molecule has 0 amide bonds. The lowest BCUT2D eigenvalue weighted by Crippen LogP contribution is -2.37. The highest BCUT2D eigenvalue weighted by Crippen LogP contribution is 2.45. The summed E-state index contributed by atoms with van der Waals surface area (Å²) in [4.78, 5) is 12.1. The van der Waals surface area contributed by atoms with E-state index in [1.807, 2.05) is 0 Å². The smallest absolute Gasteiger partial charge is 0.133 e. The van der Waals surface area contributed by atoms with Gasteiger partial charge in [-0.05, 0) is 43.4 Å². The van der Waals surface area contributed by atoms with Gasteiger partial charge in [-0.1, -0.05) is 43.6 Å². The molecule has 4 atom stereocenters. The second-order valence-corrected chi connectivity index (χ2v) is 7.88. The van der Waals surface area contributed by atoms with Crippen LogP contribution < -0.4 is 0 Å². The summed E-state index contributed by atoms with van der Waals surface area (Å²) in [6.07, 6.45) is 3.49. The molecule has 2 heteroatoms. The lowest BCUT2D eigenvalue weighted by Gasteiger charge is -2.42. The quantitative estimate of drug-likeness (QED) is 0.687. The largest absolute Gasteiger partial charge is 0.300 e. The molecule has 0 aliphatic heterocycles. The molecule has 0 saturated heterocycles. The van der Waals surface area contributed by atoms with Crippen LogP contribution in [0.4, 0.5) is 0 Å². The van der Waals surface area contributed by atoms with Crippen molar-refractivity contribution in [2.45, 2.75) is 58.7 Å². The highest BCUT2D eigenvalue weighted by molar-refractivity contribution is 9.09. The molecule has 0 heterocycles. The van der Waals surface area contributed by atoms with Gasteiger partial charge in [-0.3, -0.25) is 4.79 Å². The number of ketones is 1. The fraction of sp³-hybridized carbons (Fsp3) is 0.929. The minimum atomic E-state index is 0.285. The minimum absolute atomic E-state index is 0.285. The molecule has 16 heavy (non-hydrogen) atoms. The molecule has 1 fully saturated rings. The predicted octanol–water partition coefficient (Wildman–Crippen LogP) is 4.44. The Balaban J connectivity index is 2.77. The van der Waals surface area contributed by atoms with Crippen molar-refractivity contribution >= 4 is 21.7 Å². The lowest BCUT2D eigenvalue weighted by molar-refractivity contribution is -0.124. The van der Waals surface area contributed by atoms with Crippen LogP contribution in [0.3, 0.4) is 0 Å². The molecule has 0 radical (unpaired) electrons. The third-order valence-electron chi connectivity index (χ3n) is 4.24. The molecule has 0 aromatic heterocycles. The first-order chi connectivity index (χ1) is 7.23. The van der Waals surface area contributed by atoms with Gasteiger partial charge in [-0.25, -0.2) is 0 Å². The van der Waals surface area contributed by atoms with Crippen molar-refractivity contribution in [1.82, 2.24) is 0 Å². The summed E-state index contributed by atoms with van der Waals surface area (Å²) in [5.74, 6) is 1.94. The van der Waals surface area contributed by atoms with Crippen LogP contribution in [-0.2, 0) is 4.79 Å². The Bertz CT molecular complexity index is 252. The third-order valence-corrected chi connectivity index (χ3v) is 4.92. The number of Topliss-reactive ketones (excluding diaryl/α,β-unsaturated/α-hetero) is 1. The van der Waals surface area contributed by atoms with Crippen molar-refractivity contribution in [2.75, 3.05) is 0 Å². The van der Waals surface area contributed by atoms with Gasteiger partial charge in [0.1, 0.15) is 5.78 Å². The zero-order valence-corrected chi connectivity index (χ0v) is 12.8. The summed E-state index contributed by atoms with van der Waals surface area (Å²) in [5, 5.41) is 0. The van der Waals surface area contributed by atoms with Crippen LogP contribution in [-0.4, -0.2) is 10.6 Å². The standard InChI is InChI=1S/C14H25BrO/c1-9(15)13-8-11(14(3,4)5)6-7-12(13)10(2)16/h9,11-13H,6-8H2,1-5H3. The molecule has 0 bridgehead atoms. The van der Waals surface area contributed by atoms with E-state index >= 15 is 0 Å². The Morgan fingerprint density at radius 2 is 1.88 bits per heavy atom. The highest BCUT2D eigenvalue weighted by atomic mass is 79.9. The first-order valence-electron chi connectivity index (χ1n) is 6.38. The van der Waals surface area contributed by atoms with Crippen LogP contribution in [0.5, 0.6) is 0 Å². The van der Waals surface area contributed by atoms with Gasteiger partial charge >= 0.3 is 0 Å². The SMILES string of the molecule is CC(=O)C1CCC(C(C)(C)C)CC1C(C)Br. The first kappa shape index (κ1) is 14.2. The third kappa shape index (κ3) is 3.32. The second-order valence-electron chi connectivity index (χ2n) is 6.43. The van der Waals surface area contributed by atoms with Crippen LogP contribution in [0.25, 0.3) is 0 Å². The minimum Gasteiger partial charge on any atom is -0.300 e. The van der Waals surface area contributed by atoms with Crippen LogP contribution in [0.2, 0.25) is 0 Å². The molecular formula is C14H25BrO. The summed E-state index contributed by atoms with van der Waals surface area (Å²) in [6, 6.07) is 0. The monoisotopic (exact) mass is 288 g/mol. The van der Waals surface area contributed by atoms with Crippen LogP contribution >= 0.6 is 15.9 Å². The van der Waals surface area contributed by atoms with E-state index in [2.05, 4.69) is 43.6 Å². The van der Waals surface area contributed by atoms with E-state index in [9.17, 15) is 4.79 Å². The van der Waals surface area contributed by atoms with Gasteiger partial charge in [0.05, 0.1) is 0 Å². The lowest BCUT2D eigenvalue weighted by atomic mass is 9.64. The van der Waals surface area contributed by atoms with E-state index in [0.717, 1.165) is 12.3 Å². The fourth-order valence-electron chi connectivity index (χ4n) is 3.00. The Morgan fingerprint density at radius 3 is 2.25 bits per heavy atom.